The highest BCUT2D eigenvalue weighted by molar-refractivity contribution is 5.94. The molecule has 1 fully saturated rings. The summed E-state index contributed by atoms with van der Waals surface area (Å²) in [5.74, 6) is -0.529. The topological polar surface area (TPSA) is 60.5 Å². The van der Waals surface area contributed by atoms with E-state index in [0.29, 0.717) is 6.61 Å². The van der Waals surface area contributed by atoms with E-state index >= 15 is 0 Å². The Morgan fingerprint density at radius 3 is 2.86 bits per heavy atom. The molecule has 0 aliphatic carbocycles. The molecule has 1 aliphatic rings. The highest BCUT2D eigenvalue weighted by atomic mass is 19.4. The van der Waals surface area contributed by atoms with Crippen molar-refractivity contribution in [2.24, 2.45) is 0 Å². The van der Waals surface area contributed by atoms with E-state index in [9.17, 15) is 18.0 Å². The van der Waals surface area contributed by atoms with Crippen molar-refractivity contribution >= 4 is 5.91 Å². The second-order valence-corrected chi connectivity index (χ2v) is 5.10. The first-order chi connectivity index (χ1) is 10.3. The van der Waals surface area contributed by atoms with Gasteiger partial charge in [0.15, 0.2) is 6.61 Å². The van der Waals surface area contributed by atoms with Crippen LogP contribution in [0.4, 0.5) is 13.2 Å². The largest absolute Gasteiger partial charge is 0.468 e. The van der Waals surface area contributed by atoms with Crippen molar-refractivity contribution in [3.05, 3.63) is 23.9 Å². The molecule has 0 saturated carbocycles. The van der Waals surface area contributed by atoms with Crippen LogP contribution in [0.1, 0.15) is 30.1 Å². The van der Waals surface area contributed by atoms with Crippen LogP contribution in [0.15, 0.2) is 18.3 Å². The average molecular weight is 318 g/mol. The fraction of sp³-hybridized carbons (Fsp3) is 0.571. The number of halogens is 3. The molecular formula is C14H17F3N2O3. The van der Waals surface area contributed by atoms with Gasteiger partial charge in [0, 0.05) is 18.9 Å². The van der Waals surface area contributed by atoms with Gasteiger partial charge < -0.3 is 14.8 Å². The minimum Gasteiger partial charge on any atom is -0.468 e. The molecule has 5 nitrogen and oxygen atoms in total. The number of carbonyl (C=O) groups excluding carboxylic acids is 1. The molecule has 1 saturated heterocycles. The maximum atomic E-state index is 12.0. The number of hydrogen-bond donors (Lipinski definition) is 1. The van der Waals surface area contributed by atoms with E-state index in [2.05, 4.69) is 15.0 Å². The van der Waals surface area contributed by atoms with E-state index in [0.717, 1.165) is 12.8 Å². The average Bonchev–Trinajstić information content (AvgIpc) is 2.99. The van der Waals surface area contributed by atoms with E-state index < -0.39 is 12.8 Å². The van der Waals surface area contributed by atoms with Gasteiger partial charge in [-0.15, -0.1) is 0 Å². The van der Waals surface area contributed by atoms with Crippen LogP contribution < -0.4 is 10.1 Å². The second-order valence-electron chi connectivity index (χ2n) is 5.10. The van der Waals surface area contributed by atoms with Crippen LogP contribution in [-0.2, 0) is 4.74 Å². The van der Waals surface area contributed by atoms with Gasteiger partial charge >= 0.3 is 6.18 Å². The van der Waals surface area contributed by atoms with Crippen molar-refractivity contribution in [1.29, 1.82) is 0 Å². The Morgan fingerprint density at radius 2 is 2.32 bits per heavy atom. The lowest BCUT2D eigenvalue weighted by Gasteiger charge is -2.19. The highest BCUT2D eigenvalue weighted by Gasteiger charge is 2.28. The number of alkyl halides is 3. The van der Waals surface area contributed by atoms with Crippen molar-refractivity contribution in [3.63, 3.8) is 0 Å². The molecule has 2 heterocycles. The van der Waals surface area contributed by atoms with Crippen LogP contribution in [0, 0.1) is 0 Å². The summed E-state index contributed by atoms with van der Waals surface area (Å²) in [4.78, 5) is 15.7. The zero-order chi connectivity index (χ0) is 16.2. The third kappa shape index (κ3) is 4.87. The van der Waals surface area contributed by atoms with E-state index in [1.54, 1.807) is 0 Å². The van der Waals surface area contributed by atoms with Gasteiger partial charge in [-0.3, -0.25) is 4.79 Å². The Kier molecular flexibility index (Phi) is 5.23. The number of aromatic nitrogens is 1. The SMILES string of the molecule is C[C@H](NC(=O)c1ccc(OCC(F)(F)F)nc1)[C@H]1CCCO1. The first kappa shape index (κ1) is 16.5. The van der Waals surface area contributed by atoms with Crippen molar-refractivity contribution in [2.75, 3.05) is 13.2 Å². The summed E-state index contributed by atoms with van der Waals surface area (Å²) in [5.41, 5.74) is 0.254. The molecule has 1 aromatic heterocycles. The van der Waals surface area contributed by atoms with E-state index in [1.807, 2.05) is 6.92 Å². The van der Waals surface area contributed by atoms with Gasteiger partial charge in [0.25, 0.3) is 5.91 Å². The van der Waals surface area contributed by atoms with Crippen molar-refractivity contribution in [2.45, 2.75) is 38.1 Å². The molecule has 0 bridgehead atoms. The normalized spacial score (nSPS) is 19.7. The molecule has 122 valence electrons. The number of carbonyl (C=O) groups is 1. The zero-order valence-electron chi connectivity index (χ0n) is 12.0. The summed E-state index contributed by atoms with van der Waals surface area (Å²) < 4.78 is 46.0. The Morgan fingerprint density at radius 1 is 1.55 bits per heavy atom. The van der Waals surface area contributed by atoms with Crippen LogP contribution in [0.2, 0.25) is 0 Å². The fourth-order valence-corrected chi connectivity index (χ4v) is 2.14. The third-order valence-corrected chi connectivity index (χ3v) is 3.26. The van der Waals surface area contributed by atoms with E-state index in [1.165, 1.54) is 18.3 Å². The molecule has 2 rings (SSSR count). The lowest BCUT2D eigenvalue weighted by Crippen LogP contribution is -2.40. The van der Waals surface area contributed by atoms with Crippen LogP contribution in [0.5, 0.6) is 5.88 Å². The molecule has 1 N–H and O–H groups in total. The molecule has 1 aliphatic heterocycles. The second kappa shape index (κ2) is 6.95. The molecule has 22 heavy (non-hydrogen) atoms. The molecule has 1 amide bonds. The van der Waals surface area contributed by atoms with Crippen molar-refractivity contribution < 1.29 is 27.4 Å². The monoisotopic (exact) mass is 318 g/mol. The minimum atomic E-state index is -4.42. The molecule has 0 aromatic carbocycles. The van der Waals surface area contributed by atoms with Crippen LogP contribution in [0.3, 0.4) is 0 Å². The fourth-order valence-electron chi connectivity index (χ4n) is 2.14. The van der Waals surface area contributed by atoms with Crippen LogP contribution in [0.25, 0.3) is 0 Å². The molecule has 8 heteroatoms. The Hall–Kier alpha value is -1.83. The first-order valence-corrected chi connectivity index (χ1v) is 6.93. The van der Waals surface area contributed by atoms with Crippen molar-refractivity contribution in [1.82, 2.24) is 10.3 Å². The van der Waals surface area contributed by atoms with Gasteiger partial charge in [-0.05, 0) is 25.8 Å². The standard InChI is InChI=1S/C14H17F3N2O3/c1-9(11-3-2-6-21-11)19-13(20)10-4-5-12(18-7-10)22-8-14(15,16)17/h4-5,7,9,11H,2-3,6,8H2,1H3,(H,19,20)/t9-,11+/m0/s1. The van der Waals surface area contributed by atoms with Gasteiger partial charge in [0.1, 0.15) is 0 Å². The van der Waals surface area contributed by atoms with Gasteiger partial charge in [0.05, 0.1) is 17.7 Å². The maximum absolute atomic E-state index is 12.0. The summed E-state index contributed by atoms with van der Waals surface area (Å²) in [5, 5.41) is 2.79. The summed E-state index contributed by atoms with van der Waals surface area (Å²) in [7, 11) is 0. The summed E-state index contributed by atoms with van der Waals surface area (Å²) in [6.45, 7) is 1.13. The highest BCUT2D eigenvalue weighted by Crippen LogP contribution is 2.18. The lowest BCUT2D eigenvalue weighted by molar-refractivity contribution is -0.154. The predicted molar refractivity (Wildman–Crippen MR) is 71.7 cm³/mol. The zero-order valence-corrected chi connectivity index (χ0v) is 12.0. The quantitative estimate of drug-likeness (QED) is 0.905. The van der Waals surface area contributed by atoms with Crippen molar-refractivity contribution in [3.8, 4) is 5.88 Å². The number of amides is 1. The summed E-state index contributed by atoms with van der Waals surface area (Å²) >= 11 is 0. The maximum Gasteiger partial charge on any atom is 0.422 e. The molecule has 1 aromatic rings. The Labute approximate surface area is 125 Å². The molecule has 2 atom stereocenters. The third-order valence-electron chi connectivity index (χ3n) is 3.26. The Bertz CT molecular complexity index is 499. The van der Waals surface area contributed by atoms with Gasteiger partial charge in [0.2, 0.25) is 5.88 Å². The van der Waals surface area contributed by atoms with Gasteiger partial charge in [-0.2, -0.15) is 13.2 Å². The first-order valence-electron chi connectivity index (χ1n) is 6.93. The van der Waals surface area contributed by atoms with E-state index in [4.69, 9.17) is 4.74 Å². The van der Waals surface area contributed by atoms with Gasteiger partial charge in [-0.25, -0.2) is 4.98 Å². The molecular weight excluding hydrogens is 301 g/mol. The number of nitrogens with one attached hydrogen (secondary N) is 1. The van der Waals surface area contributed by atoms with Crippen LogP contribution in [-0.4, -0.2) is 42.4 Å². The number of hydrogen-bond acceptors (Lipinski definition) is 4. The van der Waals surface area contributed by atoms with Gasteiger partial charge in [-0.1, -0.05) is 0 Å². The van der Waals surface area contributed by atoms with E-state index in [-0.39, 0.29) is 29.5 Å². The number of rotatable bonds is 5. The minimum absolute atomic E-state index is 0.00805. The molecule has 0 spiro atoms. The Balaban J connectivity index is 1.87. The summed E-state index contributed by atoms with van der Waals surface area (Å²) in [6, 6.07) is 2.46. The number of ether oxygens (including phenoxy) is 2. The summed E-state index contributed by atoms with van der Waals surface area (Å²) in [6.07, 6.45) is -1.38. The molecule has 0 unspecified atom stereocenters. The lowest BCUT2D eigenvalue weighted by atomic mass is 10.1. The van der Waals surface area contributed by atoms with Crippen LogP contribution >= 0.6 is 0 Å². The predicted octanol–water partition coefficient (Wildman–Crippen LogP) is 2.32. The number of nitrogens with zero attached hydrogens (tertiary/aromatic N) is 1. The number of pyridine rings is 1. The molecule has 0 radical (unpaired) electrons. The smallest absolute Gasteiger partial charge is 0.422 e.